The van der Waals surface area contributed by atoms with Crippen molar-refractivity contribution in [2.75, 3.05) is 13.1 Å². The average molecular weight is 669 g/mol. The molecule has 2 saturated heterocycles. The monoisotopic (exact) mass is 668 g/mol. The molecule has 2 aliphatic heterocycles. The van der Waals surface area contributed by atoms with Crippen molar-refractivity contribution in [1.82, 2.24) is 20.4 Å². The average Bonchev–Trinajstić information content (AvgIpc) is 3.80. The number of aromatic hydroxyl groups is 1. The number of hydrogen-bond acceptors (Lipinski definition) is 7. The quantitative estimate of drug-likeness (QED) is 0.181. The van der Waals surface area contributed by atoms with E-state index in [4.69, 9.17) is 11.5 Å². The van der Waals surface area contributed by atoms with Gasteiger partial charge in [0.15, 0.2) is 0 Å². The summed E-state index contributed by atoms with van der Waals surface area (Å²) >= 11 is 0. The maximum absolute atomic E-state index is 14.2. The SMILES string of the molecule is NC(=O)[C@@H]1CCCN1C(=O)[C@H](Cc1ccccc1)NC(=O)[C@@H]1CCCN1C(=O)[C@H](Cc1ccc(O)cc1)NC(=O)[C@@H](N)Cc1ccccc1. The molecule has 2 aliphatic rings. The number of phenols is 1. The molecular weight excluding hydrogens is 624 g/mol. The predicted molar refractivity (Wildman–Crippen MR) is 183 cm³/mol. The number of nitrogens with two attached hydrogens (primary N) is 2. The zero-order valence-electron chi connectivity index (χ0n) is 27.4. The predicted octanol–water partition coefficient (Wildman–Crippen LogP) is 1.18. The Morgan fingerprint density at radius 1 is 0.673 bits per heavy atom. The fourth-order valence-corrected chi connectivity index (χ4v) is 6.65. The maximum Gasteiger partial charge on any atom is 0.246 e. The Bertz CT molecular complexity index is 1620. The number of nitrogens with zero attached hydrogens (tertiary/aromatic N) is 2. The number of carbonyl (C=O) groups excluding carboxylic acids is 5. The molecule has 7 N–H and O–H groups in total. The molecule has 258 valence electrons. The van der Waals surface area contributed by atoms with Gasteiger partial charge in [0, 0.05) is 25.9 Å². The first-order chi connectivity index (χ1) is 23.6. The van der Waals surface area contributed by atoms with Crippen molar-refractivity contribution in [3.63, 3.8) is 0 Å². The summed E-state index contributed by atoms with van der Waals surface area (Å²) in [6.07, 6.45) is 2.56. The van der Waals surface area contributed by atoms with Crippen LogP contribution in [0.1, 0.15) is 42.4 Å². The highest BCUT2D eigenvalue weighted by atomic mass is 16.3. The van der Waals surface area contributed by atoms with Crippen LogP contribution in [0.5, 0.6) is 5.75 Å². The maximum atomic E-state index is 14.2. The Hall–Kier alpha value is -5.23. The second-order valence-corrected chi connectivity index (χ2v) is 12.8. The number of benzene rings is 3. The van der Waals surface area contributed by atoms with E-state index in [-0.39, 0.29) is 31.6 Å². The van der Waals surface area contributed by atoms with Crippen molar-refractivity contribution < 1.29 is 29.1 Å². The number of hydrogen-bond donors (Lipinski definition) is 5. The molecule has 3 aromatic rings. The summed E-state index contributed by atoms with van der Waals surface area (Å²) in [4.78, 5) is 70.3. The fourth-order valence-electron chi connectivity index (χ4n) is 6.65. The lowest BCUT2D eigenvalue weighted by Crippen LogP contribution is -2.59. The molecule has 2 heterocycles. The number of rotatable bonds is 13. The first-order valence-electron chi connectivity index (χ1n) is 16.7. The van der Waals surface area contributed by atoms with E-state index in [2.05, 4.69) is 10.6 Å². The van der Waals surface area contributed by atoms with Crippen molar-refractivity contribution in [1.29, 1.82) is 0 Å². The third-order valence-corrected chi connectivity index (χ3v) is 9.23. The van der Waals surface area contributed by atoms with Crippen LogP contribution in [0.15, 0.2) is 84.9 Å². The van der Waals surface area contributed by atoms with Crippen molar-refractivity contribution in [3.05, 3.63) is 102 Å². The van der Waals surface area contributed by atoms with Crippen LogP contribution in [0, 0.1) is 0 Å². The Balaban J connectivity index is 1.34. The Morgan fingerprint density at radius 2 is 1.14 bits per heavy atom. The summed E-state index contributed by atoms with van der Waals surface area (Å²) in [5, 5.41) is 15.5. The van der Waals surface area contributed by atoms with Crippen LogP contribution in [-0.2, 0) is 43.2 Å². The van der Waals surface area contributed by atoms with Crippen LogP contribution in [0.2, 0.25) is 0 Å². The zero-order chi connectivity index (χ0) is 34.9. The molecule has 0 saturated carbocycles. The van der Waals surface area contributed by atoms with E-state index in [0.29, 0.717) is 37.8 Å². The molecule has 49 heavy (non-hydrogen) atoms. The first-order valence-corrected chi connectivity index (χ1v) is 16.7. The van der Waals surface area contributed by atoms with Gasteiger partial charge < -0.3 is 37.0 Å². The summed E-state index contributed by atoms with van der Waals surface area (Å²) in [6, 6.07) is 20.3. The van der Waals surface area contributed by atoms with Crippen molar-refractivity contribution >= 4 is 29.5 Å². The molecule has 5 atom stereocenters. The van der Waals surface area contributed by atoms with E-state index in [9.17, 15) is 29.1 Å². The summed E-state index contributed by atoms with van der Waals surface area (Å²) in [6.45, 7) is 0.634. The van der Waals surface area contributed by atoms with Crippen LogP contribution in [-0.4, -0.2) is 87.7 Å². The smallest absolute Gasteiger partial charge is 0.246 e. The Kier molecular flexibility index (Phi) is 11.6. The topological polar surface area (TPSA) is 188 Å². The highest BCUT2D eigenvalue weighted by Crippen LogP contribution is 2.23. The highest BCUT2D eigenvalue weighted by molar-refractivity contribution is 5.96. The minimum Gasteiger partial charge on any atom is -0.508 e. The van der Waals surface area contributed by atoms with Crippen LogP contribution >= 0.6 is 0 Å². The number of carbonyl (C=O) groups is 5. The van der Waals surface area contributed by atoms with Gasteiger partial charge in [0.05, 0.1) is 6.04 Å². The Morgan fingerprint density at radius 3 is 1.69 bits per heavy atom. The first kappa shape index (κ1) is 35.1. The molecule has 0 unspecified atom stereocenters. The number of nitrogens with one attached hydrogen (secondary N) is 2. The molecule has 5 rings (SSSR count). The number of likely N-dealkylation sites (tertiary alicyclic amines) is 2. The third kappa shape index (κ3) is 9.02. The second kappa shape index (κ2) is 16.2. The number of primary amides is 1. The number of phenolic OH excluding ortho intramolecular Hbond substituents is 1. The van der Waals surface area contributed by atoms with Gasteiger partial charge in [-0.05, 0) is 60.9 Å². The lowest BCUT2D eigenvalue weighted by molar-refractivity contribution is -0.144. The third-order valence-electron chi connectivity index (χ3n) is 9.23. The fraction of sp³-hybridized carbons (Fsp3) is 0.378. The molecule has 12 nitrogen and oxygen atoms in total. The molecule has 0 aromatic heterocycles. The normalized spacial score (nSPS) is 19.1. The summed E-state index contributed by atoms with van der Waals surface area (Å²) in [5.41, 5.74) is 14.2. The van der Waals surface area contributed by atoms with E-state index >= 15 is 0 Å². The summed E-state index contributed by atoms with van der Waals surface area (Å²) in [7, 11) is 0. The van der Waals surface area contributed by atoms with Gasteiger partial charge in [-0.2, -0.15) is 0 Å². The molecular formula is C37H44N6O6. The lowest BCUT2D eigenvalue weighted by Gasteiger charge is -2.32. The molecule has 12 heteroatoms. The van der Waals surface area contributed by atoms with E-state index in [1.807, 2.05) is 60.7 Å². The largest absolute Gasteiger partial charge is 0.508 e. The Labute approximate surface area is 285 Å². The molecule has 0 aliphatic carbocycles. The van der Waals surface area contributed by atoms with Crippen molar-refractivity contribution in [3.8, 4) is 5.75 Å². The number of amides is 5. The van der Waals surface area contributed by atoms with Crippen molar-refractivity contribution in [2.24, 2.45) is 11.5 Å². The van der Waals surface area contributed by atoms with Crippen LogP contribution in [0.25, 0.3) is 0 Å². The summed E-state index contributed by atoms with van der Waals surface area (Å²) in [5.74, 6) is -2.39. The van der Waals surface area contributed by atoms with Gasteiger partial charge >= 0.3 is 0 Å². The summed E-state index contributed by atoms with van der Waals surface area (Å²) < 4.78 is 0. The van der Waals surface area contributed by atoms with E-state index in [1.54, 1.807) is 12.1 Å². The standard InChI is InChI=1S/C37H44N6O6/c38-28(21-24-9-3-1-4-10-24)34(46)40-29(23-26-15-17-27(44)18-16-26)37(49)43-20-8-14-32(43)35(47)41-30(22-25-11-5-2-6-12-25)36(48)42-19-7-13-31(42)33(39)45/h1-6,9-12,15-18,28-32,44H,7-8,13-14,19-23,38H2,(H2,39,45)(H,40,46)(H,41,47)/t28-,29-,30-,31-,32-/m0/s1. The van der Waals surface area contributed by atoms with Crippen LogP contribution < -0.4 is 22.1 Å². The van der Waals surface area contributed by atoms with Crippen LogP contribution in [0.4, 0.5) is 0 Å². The van der Waals surface area contributed by atoms with Gasteiger partial charge in [0.1, 0.15) is 29.9 Å². The molecule has 2 fully saturated rings. The molecule has 0 radical (unpaired) electrons. The highest BCUT2D eigenvalue weighted by Gasteiger charge is 2.41. The molecule has 0 spiro atoms. The van der Waals surface area contributed by atoms with Gasteiger partial charge in [-0.3, -0.25) is 24.0 Å². The minimum absolute atomic E-state index is 0.0625. The zero-order valence-corrected chi connectivity index (χ0v) is 27.4. The second-order valence-electron chi connectivity index (χ2n) is 12.8. The van der Waals surface area contributed by atoms with Gasteiger partial charge in [0.2, 0.25) is 29.5 Å². The molecule has 3 aromatic carbocycles. The molecule has 5 amide bonds. The van der Waals surface area contributed by atoms with E-state index in [1.165, 1.54) is 21.9 Å². The van der Waals surface area contributed by atoms with Crippen LogP contribution in [0.3, 0.4) is 0 Å². The van der Waals surface area contributed by atoms with Crippen molar-refractivity contribution in [2.45, 2.75) is 75.2 Å². The molecule has 0 bridgehead atoms. The lowest BCUT2D eigenvalue weighted by atomic mass is 10.0. The van der Waals surface area contributed by atoms with Gasteiger partial charge in [-0.1, -0.05) is 72.8 Å². The van der Waals surface area contributed by atoms with Gasteiger partial charge in [0.25, 0.3) is 0 Å². The van der Waals surface area contributed by atoms with E-state index < -0.39 is 59.7 Å². The van der Waals surface area contributed by atoms with Gasteiger partial charge in [-0.15, -0.1) is 0 Å². The van der Waals surface area contributed by atoms with E-state index in [0.717, 1.165) is 11.1 Å². The van der Waals surface area contributed by atoms with Gasteiger partial charge in [-0.25, -0.2) is 0 Å². The minimum atomic E-state index is -1.05.